The average molecular weight is 359 g/mol. The molecule has 2 aliphatic rings. The van der Waals surface area contributed by atoms with Crippen LogP contribution in [0.15, 0.2) is 36.4 Å². The molecule has 7 heteroatoms. The van der Waals surface area contributed by atoms with E-state index in [1.807, 2.05) is 36.4 Å². The zero-order chi connectivity index (χ0) is 16.7. The van der Waals surface area contributed by atoms with Crippen molar-refractivity contribution in [1.29, 1.82) is 0 Å². The molecule has 2 fully saturated rings. The number of fused-ring (bicyclic) bond motifs is 1. The van der Waals surface area contributed by atoms with Crippen LogP contribution in [-0.4, -0.2) is 37.8 Å². The highest BCUT2D eigenvalue weighted by Crippen LogP contribution is 2.47. The molecule has 2 amide bonds. The molecule has 5 nitrogen and oxygen atoms in total. The van der Waals surface area contributed by atoms with Crippen molar-refractivity contribution in [2.24, 2.45) is 0 Å². The van der Waals surface area contributed by atoms with E-state index in [4.69, 9.17) is 0 Å². The van der Waals surface area contributed by atoms with Gasteiger partial charge in [0.15, 0.2) is 0 Å². The molecule has 0 aliphatic carbocycles. The quantitative estimate of drug-likeness (QED) is 0.914. The topological polar surface area (TPSA) is 62.3 Å². The Kier molecular flexibility index (Phi) is 3.85. The number of benzene rings is 1. The molecule has 2 aromatic rings. The minimum absolute atomic E-state index is 0.0805. The Bertz CT molecular complexity index is 792. The minimum Gasteiger partial charge on any atom is -0.315 e. The lowest BCUT2D eigenvalue weighted by atomic mass is 10.1. The summed E-state index contributed by atoms with van der Waals surface area (Å²) < 4.78 is 4.40. The Morgan fingerprint density at radius 2 is 2.17 bits per heavy atom. The van der Waals surface area contributed by atoms with Crippen LogP contribution in [-0.2, 0) is 9.59 Å². The maximum Gasteiger partial charge on any atom is 0.248 e. The number of aromatic nitrogens is 1. The van der Waals surface area contributed by atoms with Gasteiger partial charge in [0, 0.05) is 23.8 Å². The molecule has 4 rings (SSSR count). The van der Waals surface area contributed by atoms with Crippen molar-refractivity contribution < 1.29 is 9.59 Å². The number of hydrogen-bond acceptors (Lipinski definition) is 5. The smallest absolute Gasteiger partial charge is 0.248 e. The summed E-state index contributed by atoms with van der Waals surface area (Å²) >= 11 is 2.96. The van der Waals surface area contributed by atoms with E-state index in [1.165, 1.54) is 11.5 Å². The summed E-state index contributed by atoms with van der Waals surface area (Å²) in [6.07, 6.45) is 1.35. The Hall–Kier alpha value is -1.86. The van der Waals surface area contributed by atoms with Crippen molar-refractivity contribution in [3.63, 3.8) is 0 Å². The van der Waals surface area contributed by atoms with Gasteiger partial charge in [-0.25, -0.2) is 0 Å². The van der Waals surface area contributed by atoms with Gasteiger partial charge in [0.1, 0.15) is 11.0 Å². The molecule has 2 saturated heterocycles. The van der Waals surface area contributed by atoms with Gasteiger partial charge >= 0.3 is 0 Å². The number of nitrogens with one attached hydrogen (secondary N) is 1. The maximum atomic E-state index is 12.7. The lowest BCUT2D eigenvalue weighted by Gasteiger charge is -2.29. The second-order valence-corrected chi connectivity index (χ2v) is 8.50. The molecule has 0 radical (unpaired) electrons. The van der Waals surface area contributed by atoms with Gasteiger partial charge in [0.25, 0.3) is 0 Å². The molecule has 1 N–H and O–H groups in total. The van der Waals surface area contributed by atoms with Gasteiger partial charge in [-0.2, -0.15) is 4.37 Å². The fraction of sp³-hybridized carbons (Fsp3) is 0.353. The highest BCUT2D eigenvalue weighted by molar-refractivity contribution is 8.01. The van der Waals surface area contributed by atoms with E-state index >= 15 is 0 Å². The van der Waals surface area contributed by atoms with Gasteiger partial charge in [-0.15, -0.1) is 11.8 Å². The Balaban J connectivity index is 1.49. The van der Waals surface area contributed by atoms with Gasteiger partial charge in [-0.1, -0.05) is 30.3 Å². The first-order chi connectivity index (χ1) is 11.6. The number of rotatable bonds is 3. The highest BCUT2D eigenvalue weighted by atomic mass is 32.2. The molecule has 0 spiro atoms. The van der Waals surface area contributed by atoms with Crippen molar-refractivity contribution in [1.82, 2.24) is 9.27 Å². The van der Waals surface area contributed by atoms with Crippen LogP contribution in [0.2, 0.25) is 0 Å². The van der Waals surface area contributed by atoms with Crippen LogP contribution in [0.1, 0.15) is 19.8 Å². The van der Waals surface area contributed by atoms with E-state index < -0.39 is 6.04 Å². The normalized spacial score (nSPS) is 25.8. The number of thioether (sulfide) groups is 1. The van der Waals surface area contributed by atoms with Gasteiger partial charge in [-0.05, 0) is 24.9 Å². The minimum atomic E-state index is -0.391. The fourth-order valence-corrected chi connectivity index (χ4v) is 5.40. The first-order valence-electron chi connectivity index (χ1n) is 7.86. The predicted molar refractivity (Wildman–Crippen MR) is 96.9 cm³/mol. The van der Waals surface area contributed by atoms with E-state index in [0.29, 0.717) is 17.2 Å². The largest absolute Gasteiger partial charge is 0.315 e. The second-order valence-electron chi connectivity index (χ2n) is 6.20. The third-order valence-corrected chi connectivity index (χ3v) is 6.78. The molecule has 0 saturated carbocycles. The van der Waals surface area contributed by atoms with Crippen molar-refractivity contribution in [2.45, 2.75) is 30.7 Å². The number of hydrogen-bond donors (Lipinski definition) is 1. The Morgan fingerprint density at radius 3 is 2.96 bits per heavy atom. The lowest BCUT2D eigenvalue weighted by molar-refractivity contribution is -0.135. The van der Waals surface area contributed by atoms with E-state index in [9.17, 15) is 9.59 Å². The average Bonchev–Trinajstić information content (AvgIpc) is 3.25. The van der Waals surface area contributed by atoms with Gasteiger partial charge < -0.3 is 10.2 Å². The van der Waals surface area contributed by atoms with Crippen LogP contribution in [0.4, 0.5) is 5.00 Å². The van der Waals surface area contributed by atoms with E-state index in [0.717, 1.165) is 17.7 Å². The summed E-state index contributed by atoms with van der Waals surface area (Å²) in [7, 11) is 0. The van der Waals surface area contributed by atoms with Crippen molar-refractivity contribution >= 4 is 40.1 Å². The Morgan fingerprint density at radius 1 is 1.38 bits per heavy atom. The second kappa shape index (κ2) is 5.89. The van der Waals surface area contributed by atoms with E-state index in [-0.39, 0.29) is 16.7 Å². The highest BCUT2D eigenvalue weighted by Gasteiger charge is 2.52. The monoisotopic (exact) mass is 359 g/mol. The van der Waals surface area contributed by atoms with Gasteiger partial charge in [0.2, 0.25) is 11.8 Å². The molecule has 0 unspecified atom stereocenters. The molecule has 2 atom stereocenters. The van der Waals surface area contributed by atoms with Crippen LogP contribution >= 0.6 is 23.3 Å². The van der Waals surface area contributed by atoms with Crippen LogP contribution in [0.5, 0.6) is 0 Å². The van der Waals surface area contributed by atoms with E-state index in [1.54, 1.807) is 16.7 Å². The van der Waals surface area contributed by atoms with Gasteiger partial charge in [0.05, 0.1) is 10.6 Å². The summed E-state index contributed by atoms with van der Waals surface area (Å²) in [5.74, 6) is 0.611. The lowest BCUT2D eigenvalue weighted by Crippen LogP contribution is -2.47. The predicted octanol–water partition coefficient (Wildman–Crippen LogP) is 3.20. The maximum absolute atomic E-state index is 12.7. The zero-order valence-corrected chi connectivity index (χ0v) is 14.8. The summed E-state index contributed by atoms with van der Waals surface area (Å²) in [5.41, 5.74) is 1.87. The third-order valence-electron chi connectivity index (χ3n) is 4.57. The van der Waals surface area contributed by atoms with Crippen LogP contribution in [0.3, 0.4) is 0 Å². The summed E-state index contributed by atoms with van der Waals surface area (Å²) in [6, 6.07) is 11.3. The van der Waals surface area contributed by atoms with Crippen LogP contribution < -0.4 is 5.32 Å². The number of carbonyl (C=O) groups is 2. The summed E-state index contributed by atoms with van der Waals surface area (Å²) in [5, 5.41) is 3.65. The zero-order valence-electron chi connectivity index (χ0n) is 13.2. The summed E-state index contributed by atoms with van der Waals surface area (Å²) in [4.78, 5) is 26.3. The van der Waals surface area contributed by atoms with Crippen molar-refractivity contribution in [3.8, 4) is 11.3 Å². The third kappa shape index (κ3) is 2.61. The number of amides is 2. The number of carbonyl (C=O) groups excluding carboxylic acids is 2. The molecular weight excluding hydrogens is 342 g/mol. The molecule has 1 aromatic carbocycles. The van der Waals surface area contributed by atoms with Crippen LogP contribution in [0, 0.1) is 0 Å². The van der Waals surface area contributed by atoms with Gasteiger partial charge in [-0.3, -0.25) is 9.59 Å². The molecule has 0 bridgehead atoms. The first-order valence-corrected chi connectivity index (χ1v) is 9.62. The Labute approximate surface area is 148 Å². The molecular formula is C17H17N3O2S2. The van der Waals surface area contributed by atoms with E-state index in [2.05, 4.69) is 16.6 Å². The molecule has 2 aliphatic heterocycles. The molecule has 3 heterocycles. The fourth-order valence-electron chi connectivity index (χ4n) is 3.30. The van der Waals surface area contributed by atoms with Crippen molar-refractivity contribution in [2.75, 3.05) is 11.1 Å². The molecule has 124 valence electrons. The van der Waals surface area contributed by atoms with Crippen LogP contribution in [0.25, 0.3) is 11.3 Å². The number of anilines is 1. The number of nitrogens with zero attached hydrogens (tertiary/aromatic N) is 2. The standard InChI is InChI=1S/C17H17N3O2S2/c1-17-8-7-15(21)20(17)13(10-23-17)16(22)18-14-9-12(19-24-14)11-5-3-2-4-6-11/h2-6,9,13H,7-8,10H2,1H3,(H,18,22)/t13-,17+/m1/s1. The summed E-state index contributed by atoms with van der Waals surface area (Å²) in [6.45, 7) is 2.05. The molecule has 24 heavy (non-hydrogen) atoms. The SMILES string of the molecule is C[C@]12CCC(=O)N1[C@@H](C(=O)Nc1cc(-c3ccccc3)ns1)CS2. The molecule has 1 aromatic heterocycles. The first kappa shape index (κ1) is 15.7. The van der Waals surface area contributed by atoms with Crippen molar-refractivity contribution in [3.05, 3.63) is 36.4 Å².